The standard InChI is InChI=1S/C21H29NO3/c1-15(7-8-16-5-3-2-4-6-16)22-20(23)14-25-21(24)13-19-12-17-9-10-18(19)11-17/h2-6,15,17-19H,7-14H2,1H3,(H,22,23)/t15-,17-,18-,19-/m0/s1. The summed E-state index contributed by atoms with van der Waals surface area (Å²) in [5, 5.41) is 2.91. The van der Waals surface area contributed by atoms with Crippen molar-refractivity contribution in [3.63, 3.8) is 0 Å². The number of fused-ring (bicyclic) bond motifs is 2. The molecule has 0 radical (unpaired) electrons. The normalized spacial score (nSPS) is 25.6. The molecule has 2 bridgehead atoms. The van der Waals surface area contributed by atoms with Crippen LogP contribution in [0.2, 0.25) is 0 Å². The van der Waals surface area contributed by atoms with Gasteiger partial charge in [0.2, 0.25) is 0 Å². The summed E-state index contributed by atoms with van der Waals surface area (Å²) < 4.78 is 5.19. The quantitative estimate of drug-likeness (QED) is 0.735. The van der Waals surface area contributed by atoms with Crippen molar-refractivity contribution in [1.82, 2.24) is 5.32 Å². The number of carbonyl (C=O) groups excluding carboxylic acids is 2. The van der Waals surface area contributed by atoms with Crippen LogP contribution in [0.1, 0.15) is 51.0 Å². The van der Waals surface area contributed by atoms with E-state index in [1.54, 1.807) is 0 Å². The van der Waals surface area contributed by atoms with Crippen molar-refractivity contribution in [2.75, 3.05) is 6.61 Å². The molecule has 1 amide bonds. The first-order valence-electron chi connectivity index (χ1n) is 9.59. The molecule has 25 heavy (non-hydrogen) atoms. The van der Waals surface area contributed by atoms with Gasteiger partial charge >= 0.3 is 5.97 Å². The lowest BCUT2D eigenvalue weighted by Gasteiger charge is -2.20. The van der Waals surface area contributed by atoms with Crippen LogP contribution >= 0.6 is 0 Å². The van der Waals surface area contributed by atoms with E-state index in [4.69, 9.17) is 4.74 Å². The highest BCUT2D eigenvalue weighted by Crippen LogP contribution is 2.49. The Labute approximate surface area is 150 Å². The zero-order valence-corrected chi connectivity index (χ0v) is 15.1. The molecule has 136 valence electrons. The van der Waals surface area contributed by atoms with Gasteiger partial charge in [-0.05, 0) is 62.3 Å². The van der Waals surface area contributed by atoms with E-state index in [0.29, 0.717) is 18.3 Å². The van der Waals surface area contributed by atoms with E-state index in [9.17, 15) is 9.59 Å². The second-order valence-electron chi connectivity index (χ2n) is 7.79. The summed E-state index contributed by atoms with van der Waals surface area (Å²) in [5.41, 5.74) is 1.26. The van der Waals surface area contributed by atoms with Crippen molar-refractivity contribution in [2.24, 2.45) is 17.8 Å². The minimum Gasteiger partial charge on any atom is -0.456 e. The lowest BCUT2D eigenvalue weighted by molar-refractivity contribution is -0.150. The highest BCUT2D eigenvalue weighted by atomic mass is 16.5. The molecule has 2 saturated carbocycles. The van der Waals surface area contributed by atoms with Crippen molar-refractivity contribution in [3.8, 4) is 0 Å². The molecule has 3 rings (SSSR count). The maximum Gasteiger partial charge on any atom is 0.306 e. The first-order chi connectivity index (χ1) is 12.1. The van der Waals surface area contributed by atoms with Gasteiger partial charge in [0, 0.05) is 12.5 Å². The SMILES string of the molecule is C[C@@H](CCc1ccccc1)NC(=O)COC(=O)C[C@@H]1C[C@H]2CC[C@H]1C2. The summed E-state index contributed by atoms with van der Waals surface area (Å²) in [6.45, 7) is 1.83. The van der Waals surface area contributed by atoms with Crippen LogP contribution in [0.25, 0.3) is 0 Å². The number of ether oxygens (including phenoxy) is 1. The molecule has 1 N–H and O–H groups in total. The zero-order valence-electron chi connectivity index (χ0n) is 15.1. The van der Waals surface area contributed by atoms with Crippen molar-refractivity contribution in [3.05, 3.63) is 35.9 Å². The zero-order chi connectivity index (χ0) is 17.6. The van der Waals surface area contributed by atoms with Gasteiger partial charge in [-0.15, -0.1) is 0 Å². The number of nitrogens with one attached hydrogen (secondary N) is 1. The maximum absolute atomic E-state index is 12.0. The molecule has 0 aliphatic heterocycles. The van der Waals surface area contributed by atoms with E-state index in [-0.39, 0.29) is 24.5 Å². The molecule has 1 aromatic carbocycles. The third-order valence-electron chi connectivity index (χ3n) is 5.79. The lowest BCUT2D eigenvalue weighted by Crippen LogP contribution is -2.36. The van der Waals surface area contributed by atoms with Crippen molar-refractivity contribution < 1.29 is 14.3 Å². The van der Waals surface area contributed by atoms with Gasteiger partial charge < -0.3 is 10.1 Å². The fourth-order valence-electron chi connectivity index (χ4n) is 4.46. The van der Waals surface area contributed by atoms with Crippen molar-refractivity contribution in [1.29, 1.82) is 0 Å². The van der Waals surface area contributed by atoms with E-state index in [0.717, 1.165) is 18.8 Å². The molecule has 0 spiro atoms. The van der Waals surface area contributed by atoms with Gasteiger partial charge in [-0.25, -0.2) is 0 Å². The molecule has 4 nitrogen and oxygen atoms in total. The Morgan fingerprint density at radius 1 is 1.20 bits per heavy atom. The smallest absolute Gasteiger partial charge is 0.306 e. The van der Waals surface area contributed by atoms with E-state index >= 15 is 0 Å². The van der Waals surface area contributed by atoms with Gasteiger partial charge in [-0.3, -0.25) is 9.59 Å². The van der Waals surface area contributed by atoms with Crippen LogP contribution in [0, 0.1) is 17.8 Å². The highest BCUT2D eigenvalue weighted by molar-refractivity contribution is 5.80. The molecule has 4 heteroatoms. The van der Waals surface area contributed by atoms with Crippen LogP contribution in [0.15, 0.2) is 30.3 Å². The Kier molecular flexibility index (Phi) is 6.11. The number of aryl methyl sites for hydroxylation is 1. The number of hydrogen-bond acceptors (Lipinski definition) is 3. The van der Waals surface area contributed by atoms with Crippen LogP contribution in [0.4, 0.5) is 0 Å². The Morgan fingerprint density at radius 3 is 2.68 bits per heavy atom. The highest BCUT2D eigenvalue weighted by Gasteiger charge is 2.40. The number of hydrogen-bond donors (Lipinski definition) is 1. The Balaban J connectivity index is 1.30. The van der Waals surface area contributed by atoms with Gasteiger partial charge in [0.1, 0.15) is 0 Å². The van der Waals surface area contributed by atoms with Crippen LogP contribution in [-0.2, 0) is 20.7 Å². The Hall–Kier alpha value is -1.84. The summed E-state index contributed by atoms with van der Waals surface area (Å²) >= 11 is 0. The third-order valence-corrected chi connectivity index (χ3v) is 5.79. The molecular weight excluding hydrogens is 314 g/mol. The first kappa shape index (κ1) is 18.0. The molecule has 0 aromatic heterocycles. The second-order valence-corrected chi connectivity index (χ2v) is 7.79. The van der Waals surface area contributed by atoms with Crippen LogP contribution in [0.3, 0.4) is 0 Å². The van der Waals surface area contributed by atoms with Gasteiger partial charge in [0.05, 0.1) is 0 Å². The maximum atomic E-state index is 12.0. The summed E-state index contributed by atoms with van der Waals surface area (Å²) in [5.74, 6) is 1.60. The third kappa shape index (κ3) is 5.32. The molecule has 4 atom stereocenters. The van der Waals surface area contributed by atoms with Gasteiger partial charge in [0.15, 0.2) is 6.61 Å². The summed E-state index contributed by atoms with van der Waals surface area (Å²) in [6.07, 6.45) is 7.33. The molecule has 1 aromatic rings. The molecule has 2 aliphatic carbocycles. The molecule has 0 saturated heterocycles. The minimum absolute atomic E-state index is 0.0666. The lowest BCUT2D eigenvalue weighted by atomic mass is 9.86. The molecular formula is C21H29NO3. The minimum atomic E-state index is -0.218. The van der Waals surface area contributed by atoms with Crippen molar-refractivity contribution >= 4 is 11.9 Å². The monoisotopic (exact) mass is 343 g/mol. The van der Waals surface area contributed by atoms with Crippen LogP contribution in [0.5, 0.6) is 0 Å². The van der Waals surface area contributed by atoms with Gasteiger partial charge in [-0.1, -0.05) is 36.8 Å². The van der Waals surface area contributed by atoms with Gasteiger partial charge in [0.25, 0.3) is 5.91 Å². The molecule has 0 heterocycles. The topological polar surface area (TPSA) is 55.4 Å². The average Bonchev–Trinajstić information content (AvgIpc) is 3.22. The van der Waals surface area contributed by atoms with Crippen LogP contribution < -0.4 is 5.32 Å². The molecule has 0 unspecified atom stereocenters. The van der Waals surface area contributed by atoms with E-state index in [1.165, 1.54) is 31.2 Å². The van der Waals surface area contributed by atoms with E-state index in [2.05, 4.69) is 17.4 Å². The Morgan fingerprint density at radius 2 is 2.00 bits per heavy atom. The predicted octanol–water partition coefficient (Wildman–Crippen LogP) is 3.49. The predicted molar refractivity (Wildman–Crippen MR) is 96.9 cm³/mol. The van der Waals surface area contributed by atoms with E-state index in [1.807, 2.05) is 25.1 Å². The number of esters is 1. The summed E-state index contributed by atoms with van der Waals surface area (Å²) in [4.78, 5) is 23.9. The van der Waals surface area contributed by atoms with Crippen LogP contribution in [-0.4, -0.2) is 24.5 Å². The fraction of sp³-hybridized carbons (Fsp3) is 0.619. The average molecular weight is 343 g/mol. The first-order valence-corrected chi connectivity index (χ1v) is 9.59. The summed E-state index contributed by atoms with van der Waals surface area (Å²) in [7, 11) is 0. The summed E-state index contributed by atoms with van der Waals surface area (Å²) in [6, 6.07) is 10.3. The second kappa shape index (κ2) is 8.50. The number of benzene rings is 1. The van der Waals surface area contributed by atoms with E-state index < -0.39 is 0 Å². The van der Waals surface area contributed by atoms with Crippen molar-refractivity contribution in [2.45, 2.75) is 57.9 Å². The number of rotatable bonds is 8. The largest absolute Gasteiger partial charge is 0.456 e. The number of carbonyl (C=O) groups is 2. The fourth-order valence-corrected chi connectivity index (χ4v) is 4.46. The van der Waals surface area contributed by atoms with Gasteiger partial charge in [-0.2, -0.15) is 0 Å². The Bertz CT molecular complexity index is 586. The number of amides is 1. The molecule has 2 aliphatic rings. The molecule has 2 fully saturated rings.